The Kier molecular flexibility index (Phi) is 6.16. The van der Waals surface area contributed by atoms with E-state index in [2.05, 4.69) is 10.6 Å². The first kappa shape index (κ1) is 15.9. The topological polar surface area (TPSA) is 84.2 Å². The number of carbonyl (C=O) groups is 2. The quantitative estimate of drug-likeness (QED) is 0.636. The highest BCUT2D eigenvalue weighted by molar-refractivity contribution is 5.87. The minimum atomic E-state index is -0.509. The molecule has 0 radical (unpaired) electrons. The van der Waals surface area contributed by atoms with E-state index in [0.29, 0.717) is 12.8 Å². The average Bonchev–Trinajstić information content (AvgIpc) is 2.12. The molecule has 0 heterocycles. The van der Waals surface area contributed by atoms with Gasteiger partial charge in [0.1, 0.15) is 6.04 Å². The van der Waals surface area contributed by atoms with E-state index in [9.17, 15) is 9.59 Å². The summed E-state index contributed by atoms with van der Waals surface area (Å²) in [6.45, 7) is 9.17. The third kappa shape index (κ3) is 8.68. The van der Waals surface area contributed by atoms with Crippen molar-refractivity contribution in [2.45, 2.75) is 65.1 Å². The molecule has 2 amide bonds. The second-order valence-electron chi connectivity index (χ2n) is 5.44. The van der Waals surface area contributed by atoms with Crippen LogP contribution in [0.2, 0.25) is 0 Å². The van der Waals surface area contributed by atoms with Crippen LogP contribution in [0, 0.1) is 0 Å². The van der Waals surface area contributed by atoms with E-state index in [1.54, 1.807) is 6.92 Å². The maximum Gasteiger partial charge on any atom is 0.242 e. The lowest BCUT2D eigenvalue weighted by Crippen LogP contribution is -2.47. The Hall–Kier alpha value is -1.10. The van der Waals surface area contributed by atoms with Gasteiger partial charge in [0, 0.05) is 18.0 Å². The summed E-state index contributed by atoms with van der Waals surface area (Å²) in [6, 6.07) is -0.435. The zero-order valence-electron chi connectivity index (χ0n) is 11.5. The molecule has 0 aromatic carbocycles. The third-order valence-electron chi connectivity index (χ3n) is 2.20. The van der Waals surface area contributed by atoms with Crippen LogP contribution in [-0.4, -0.2) is 29.4 Å². The SMILES string of the molecule is CC(C)NC(=O)C(C)NC(=O)CCC(C)(C)N. The van der Waals surface area contributed by atoms with Gasteiger partial charge in [-0.2, -0.15) is 0 Å². The molecule has 0 spiro atoms. The van der Waals surface area contributed by atoms with Crippen LogP contribution in [0.25, 0.3) is 0 Å². The van der Waals surface area contributed by atoms with Crippen molar-refractivity contribution >= 4 is 11.8 Å². The molecule has 5 heteroatoms. The summed E-state index contributed by atoms with van der Waals surface area (Å²) in [4.78, 5) is 23.1. The molecule has 100 valence electrons. The highest BCUT2D eigenvalue weighted by Gasteiger charge is 2.18. The van der Waals surface area contributed by atoms with Crippen LogP contribution in [0.5, 0.6) is 0 Å². The van der Waals surface area contributed by atoms with Gasteiger partial charge in [-0.25, -0.2) is 0 Å². The number of hydrogen-bond donors (Lipinski definition) is 3. The number of hydrogen-bond acceptors (Lipinski definition) is 3. The number of amides is 2. The first-order valence-corrected chi connectivity index (χ1v) is 6.00. The van der Waals surface area contributed by atoms with E-state index >= 15 is 0 Å². The van der Waals surface area contributed by atoms with Crippen molar-refractivity contribution in [3.8, 4) is 0 Å². The summed E-state index contributed by atoms with van der Waals surface area (Å²) in [5.74, 6) is -0.310. The summed E-state index contributed by atoms with van der Waals surface area (Å²) < 4.78 is 0. The average molecular weight is 243 g/mol. The van der Waals surface area contributed by atoms with Gasteiger partial charge in [0.15, 0.2) is 0 Å². The number of nitrogens with two attached hydrogens (primary N) is 1. The van der Waals surface area contributed by atoms with Crippen LogP contribution in [-0.2, 0) is 9.59 Å². The standard InChI is InChI=1S/C12H25N3O2/c1-8(2)14-11(17)9(3)15-10(16)6-7-12(4,5)13/h8-9H,6-7,13H2,1-5H3,(H,14,17)(H,15,16). The molecule has 5 nitrogen and oxygen atoms in total. The molecule has 1 unspecified atom stereocenters. The summed E-state index contributed by atoms with van der Waals surface area (Å²) in [6.07, 6.45) is 0.931. The first-order chi connectivity index (χ1) is 7.61. The largest absolute Gasteiger partial charge is 0.352 e. The van der Waals surface area contributed by atoms with E-state index in [-0.39, 0.29) is 23.4 Å². The highest BCUT2D eigenvalue weighted by Crippen LogP contribution is 2.06. The number of rotatable bonds is 6. The van der Waals surface area contributed by atoms with E-state index < -0.39 is 6.04 Å². The van der Waals surface area contributed by atoms with Crippen molar-refractivity contribution in [1.82, 2.24) is 10.6 Å². The fraction of sp³-hybridized carbons (Fsp3) is 0.833. The second kappa shape index (κ2) is 6.59. The van der Waals surface area contributed by atoms with E-state index in [4.69, 9.17) is 5.73 Å². The molecule has 0 saturated heterocycles. The van der Waals surface area contributed by atoms with Crippen molar-refractivity contribution < 1.29 is 9.59 Å². The lowest BCUT2D eigenvalue weighted by atomic mass is 10.00. The molecule has 4 N–H and O–H groups in total. The Morgan fingerprint density at radius 2 is 1.71 bits per heavy atom. The van der Waals surface area contributed by atoms with Crippen LogP contribution in [0.15, 0.2) is 0 Å². The number of nitrogens with one attached hydrogen (secondary N) is 2. The minimum absolute atomic E-state index is 0.0739. The van der Waals surface area contributed by atoms with Gasteiger partial charge < -0.3 is 16.4 Å². The minimum Gasteiger partial charge on any atom is -0.352 e. The van der Waals surface area contributed by atoms with Gasteiger partial charge in [-0.15, -0.1) is 0 Å². The van der Waals surface area contributed by atoms with E-state index in [0.717, 1.165) is 0 Å². The lowest BCUT2D eigenvalue weighted by Gasteiger charge is -2.19. The summed E-state index contributed by atoms with van der Waals surface area (Å²) in [5.41, 5.74) is 5.42. The predicted molar refractivity (Wildman–Crippen MR) is 68.4 cm³/mol. The summed E-state index contributed by atoms with van der Waals surface area (Å²) >= 11 is 0. The Morgan fingerprint density at radius 1 is 1.18 bits per heavy atom. The smallest absolute Gasteiger partial charge is 0.242 e. The van der Waals surface area contributed by atoms with Crippen molar-refractivity contribution in [2.24, 2.45) is 5.73 Å². The Bertz CT molecular complexity index is 269. The Labute approximate surface area is 104 Å². The first-order valence-electron chi connectivity index (χ1n) is 6.00. The van der Waals surface area contributed by atoms with Crippen LogP contribution >= 0.6 is 0 Å². The molecule has 0 aromatic heterocycles. The van der Waals surface area contributed by atoms with Gasteiger partial charge >= 0.3 is 0 Å². The Balaban J connectivity index is 4.00. The fourth-order valence-corrected chi connectivity index (χ4v) is 1.22. The van der Waals surface area contributed by atoms with Gasteiger partial charge in [-0.05, 0) is 41.0 Å². The van der Waals surface area contributed by atoms with Gasteiger partial charge in [0.25, 0.3) is 0 Å². The van der Waals surface area contributed by atoms with Gasteiger partial charge in [0.05, 0.1) is 0 Å². The van der Waals surface area contributed by atoms with Crippen LogP contribution in [0.4, 0.5) is 0 Å². The fourth-order valence-electron chi connectivity index (χ4n) is 1.22. The zero-order chi connectivity index (χ0) is 13.6. The van der Waals surface area contributed by atoms with Crippen LogP contribution < -0.4 is 16.4 Å². The molecule has 0 saturated carbocycles. The van der Waals surface area contributed by atoms with E-state index in [1.165, 1.54) is 0 Å². The molecule has 0 bridgehead atoms. The molecule has 17 heavy (non-hydrogen) atoms. The van der Waals surface area contributed by atoms with Crippen molar-refractivity contribution in [2.75, 3.05) is 0 Å². The van der Waals surface area contributed by atoms with Crippen molar-refractivity contribution in [3.05, 3.63) is 0 Å². The third-order valence-corrected chi connectivity index (χ3v) is 2.20. The summed E-state index contributed by atoms with van der Waals surface area (Å²) in [5, 5.41) is 5.39. The van der Waals surface area contributed by atoms with E-state index in [1.807, 2.05) is 27.7 Å². The molecule has 0 aliphatic heterocycles. The second-order valence-corrected chi connectivity index (χ2v) is 5.44. The summed E-state index contributed by atoms with van der Waals surface area (Å²) in [7, 11) is 0. The van der Waals surface area contributed by atoms with Gasteiger partial charge in [-0.3, -0.25) is 9.59 Å². The molecular formula is C12H25N3O2. The van der Waals surface area contributed by atoms with Crippen LogP contribution in [0.1, 0.15) is 47.5 Å². The molecular weight excluding hydrogens is 218 g/mol. The van der Waals surface area contributed by atoms with Gasteiger partial charge in [-0.1, -0.05) is 0 Å². The van der Waals surface area contributed by atoms with Gasteiger partial charge in [0.2, 0.25) is 11.8 Å². The maximum absolute atomic E-state index is 11.5. The molecule has 1 atom stereocenters. The highest BCUT2D eigenvalue weighted by atomic mass is 16.2. The number of carbonyl (C=O) groups excluding carboxylic acids is 2. The van der Waals surface area contributed by atoms with Crippen molar-refractivity contribution in [1.29, 1.82) is 0 Å². The Morgan fingerprint density at radius 3 is 2.12 bits per heavy atom. The zero-order valence-corrected chi connectivity index (χ0v) is 11.5. The maximum atomic E-state index is 11.5. The van der Waals surface area contributed by atoms with Crippen LogP contribution in [0.3, 0.4) is 0 Å². The molecule has 0 aromatic rings. The normalized spacial score (nSPS) is 13.4. The molecule has 0 aliphatic carbocycles. The monoisotopic (exact) mass is 243 g/mol. The molecule has 0 rings (SSSR count). The molecule has 0 fully saturated rings. The predicted octanol–water partition coefficient (Wildman–Crippen LogP) is 0.533. The lowest BCUT2D eigenvalue weighted by molar-refractivity contribution is -0.129. The van der Waals surface area contributed by atoms with Crippen molar-refractivity contribution in [3.63, 3.8) is 0 Å². The molecule has 0 aliphatic rings.